The molecule has 1 aliphatic carbocycles. The third kappa shape index (κ3) is 0.988. The molecule has 2 rings (SSSR count). The molecule has 1 aliphatic rings. The summed E-state index contributed by atoms with van der Waals surface area (Å²) in [6.07, 6.45) is -0.503. The maximum absolute atomic E-state index is 12.9. The SMILES string of the molecule is NC1(c2cccc(O)c2O)CC1(F)F. The fourth-order valence-corrected chi connectivity index (χ4v) is 1.49. The van der Waals surface area contributed by atoms with Crippen LogP contribution in [0, 0.1) is 0 Å². The van der Waals surface area contributed by atoms with E-state index in [-0.39, 0.29) is 5.56 Å². The van der Waals surface area contributed by atoms with Gasteiger partial charge in [-0.2, -0.15) is 0 Å². The van der Waals surface area contributed by atoms with Crippen molar-refractivity contribution in [2.45, 2.75) is 17.9 Å². The van der Waals surface area contributed by atoms with Crippen LogP contribution in [-0.2, 0) is 5.54 Å². The Morgan fingerprint density at radius 2 is 1.86 bits per heavy atom. The van der Waals surface area contributed by atoms with Crippen molar-refractivity contribution in [2.75, 3.05) is 0 Å². The van der Waals surface area contributed by atoms with Crippen LogP contribution in [0.1, 0.15) is 12.0 Å². The Hall–Kier alpha value is -1.36. The van der Waals surface area contributed by atoms with Crippen molar-refractivity contribution in [2.24, 2.45) is 5.73 Å². The molecule has 1 aromatic rings. The van der Waals surface area contributed by atoms with Gasteiger partial charge in [0.1, 0.15) is 5.54 Å². The lowest BCUT2D eigenvalue weighted by molar-refractivity contribution is 0.0883. The first-order chi connectivity index (χ1) is 6.38. The van der Waals surface area contributed by atoms with Crippen LogP contribution in [0.4, 0.5) is 8.78 Å². The quantitative estimate of drug-likeness (QED) is 0.600. The van der Waals surface area contributed by atoms with E-state index in [4.69, 9.17) is 10.8 Å². The van der Waals surface area contributed by atoms with Gasteiger partial charge in [0, 0.05) is 12.0 Å². The lowest BCUT2D eigenvalue weighted by Crippen LogP contribution is -2.27. The molecule has 0 radical (unpaired) electrons. The van der Waals surface area contributed by atoms with Gasteiger partial charge in [-0.15, -0.1) is 0 Å². The van der Waals surface area contributed by atoms with Crippen LogP contribution in [0.5, 0.6) is 11.5 Å². The van der Waals surface area contributed by atoms with Crippen LogP contribution < -0.4 is 5.73 Å². The molecule has 0 aliphatic heterocycles. The number of rotatable bonds is 1. The topological polar surface area (TPSA) is 66.5 Å². The van der Waals surface area contributed by atoms with Gasteiger partial charge in [0.25, 0.3) is 5.92 Å². The van der Waals surface area contributed by atoms with Gasteiger partial charge in [-0.3, -0.25) is 0 Å². The molecule has 4 N–H and O–H groups in total. The van der Waals surface area contributed by atoms with Crippen LogP contribution in [0.3, 0.4) is 0 Å². The normalized spacial score (nSPS) is 28.8. The van der Waals surface area contributed by atoms with E-state index in [1.807, 2.05) is 0 Å². The molecule has 0 amide bonds. The number of alkyl halides is 2. The number of aromatic hydroxyl groups is 2. The Labute approximate surface area is 78.8 Å². The van der Waals surface area contributed by atoms with Gasteiger partial charge in [0.2, 0.25) is 0 Å². The molecule has 0 saturated heterocycles. The summed E-state index contributed by atoms with van der Waals surface area (Å²) in [5, 5.41) is 18.5. The average Bonchev–Trinajstić information content (AvgIpc) is 2.58. The lowest BCUT2D eigenvalue weighted by Gasteiger charge is -2.12. The Bertz CT molecular complexity index is 394. The van der Waals surface area contributed by atoms with Gasteiger partial charge < -0.3 is 15.9 Å². The number of hydrogen-bond acceptors (Lipinski definition) is 3. The van der Waals surface area contributed by atoms with E-state index in [0.29, 0.717) is 0 Å². The zero-order valence-corrected chi connectivity index (χ0v) is 7.17. The number of phenolic OH excluding ortho intramolecular Hbond substituents is 2. The Morgan fingerprint density at radius 3 is 2.36 bits per heavy atom. The van der Waals surface area contributed by atoms with Gasteiger partial charge in [-0.05, 0) is 6.07 Å². The molecule has 14 heavy (non-hydrogen) atoms. The number of halogens is 2. The molecule has 1 fully saturated rings. The maximum atomic E-state index is 12.9. The molecule has 0 heterocycles. The van der Waals surface area contributed by atoms with Crippen LogP contribution >= 0.6 is 0 Å². The van der Waals surface area contributed by atoms with Gasteiger partial charge in [0.05, 0.1) is 0 Å². The zero-order valence-electron chi connectivity index (χ0n) is 7.17. The molecule has 5 heteroatoms. The molecule has 1 aromatic carbocycles. The van der Waals surface area contributed by atoms with E-state index in [1.54, 1.807) is 0 Å². The van der Waals surface area contributed by atoms with Gasteiger partial charge in [0.15, 0.2) is 11.5 Å². The molecule has 1 unspecified atom stereocenters. The highest BCUT2D eigenvalue weighted by Crippen LogP contribution is 2.59. The fourth-order valence-electron chi connectivity index (χ4n) is 1.49. The van der Waals surface area contributed by atoms with E-state index in [0.717, 1.165) is 0 Å². The second kappa shape index (κ2) is 2.36. The summed E-state index contributed by atoms with van der Waals surface area (Å²) in [6.45, 7) is 0. The van der Waals surface area contributed by atoms with Crippen molar-refractivity contribution < 1.29 is 19.0 Å². The molecule has 3 nitrogen and oxygen atoms in total. The second-order valence-corrected chi connectivity index (χ2v) is 3.53. The van der Waals surface area contributed by atoms with Crippen LogP contribution in [0.25, 0.3) is 0 Å². The zero-order chi connectivity index (χ0) is 10.6. The Balaban J connectivity index is 2.49. The average molecular weight is 201 g/mol. The largest absolute Gasteiger partial charge is 0.504 e. The van der Waals surface area contributed by atoms with E-state index in [9.17, 15) is 13.9 Å². The Morgan fingerprint density at radius 1 is 1.29 bits per heavy atom. The summed E-state index contributed by atoms with van der Waals surface area (Å²) in [7, 11) is 0. The number of phenols is 2. The summed E-state index contributed by atoms with van der Waals surface area (Å²) in [6, 6.07) is 3.87. The monoisotopic (exact) mass is 201 g/mol. The summed E-state index contributed by atoms with van der Waals surface area (Å²) < 4.78 is 25.7. The lowest BCUT2D eigenvalue weighted by atomic mass is 10.0. The van der Waals surface area contributed by atoms with Crippen LogP contribution in [0.2, 0.25) is 0 Å². The second-order valence-electron chi connectivity index (χ2n) is 3.53. The van der Waals surface area contributed by atoms with Crippen molar-refractivity contribution in [3.63, 3.8) is 0 Å². The first-order valence-corrected chi connectivity index (χ1v) is 4.06. The third-order valence-corrected chi connectivity index (χ3v) is 2.52. The van der Waals surface area contributed by atoms with Gasteiger partial charge in [-0.25, -0.2) is 8.78 Å². The molecule has 0 bridgehead atoms. The summed E-state index contributed by atoms with van der Waals surface area (Å²) in [5.41, 5.74) is 3.46. The summed E-state index contributed by atoms with van der Waals surface area (Å²) in [5.74, 6) is -4.00. The first kappa shape index (κ1) is 9.21. The standard InChI is InChI=1S/C9H9F2NO2/c10-9(11)4-8(9,12)5-2-1-3-6(13)7(5)14/h1-3,13-14H,4,12H2. The van der Waals surface area contributed by atoms with E-state index < -0.39 is 29.4 Å². The highest BCUT2D eigenvalue weighted by atomic mass is 19.3. The summed E-state index contributed by atoms with van der Waals surface area (Å²) >= 11 is 0. The molecular weight excluding hydrogens is 192 g/mol. The van der Waals surface area contributed by atoms with Crippen molar-refractivity contribution in [3.05, 3.63) is 23.8 Å². The van der Waals surface area contributed by atoms with Gasteiger partial charge in [-0.1, -0.05) is 12.1 Å². The molecule has 1 atom stereocenters. The van der Waals surface area contributed by atoms with E-state index in [1.165, 1.54) is 18.2 Å². The van der Waals surface area contributed by atoms with Gasteiger partial charge >= 0.3 is 0 Å². The van der Waals surface area contributed by atoms with Crippen molar-refractivity contribution in [1.29, 1.82) is 0 Å². The fraction of sp³-hybridized carbons (Fsp3) is 0.333. The molecule has 1 saturated carbocycles. The molecule has 0 aromatic heterocycles. The molecule has 0 spiro atoms. The van der Waals surface area contributed by atoms with Crippen LogP contribution in [0.15, 0.2) is 18.2 Å². The smallest absolute Gasteiger partial charge is 0.272 e. The van der Waals surface area contributed by atoms with Crippen molar-refractivity contribution in [1.82, 2.24) is 0 Å². The third-order valence-electron chi connectivity index (χ3n) is 2.52. The van der Waals surface area contributed by atoms with E-state index >= 15 is 0 Å². The van der Waals surface area contributed by atoms with Crippen LogP contribution in [-0.4, -0.2) is 16.1 Å². The predicted molar refractivity (Wildman–Crippen MR) is 45.2 cm³/mol. The van der Waals surface area contributed by atoms with Crippen molar-refractivity contribution >= 4 is 0 Å². The number of benzene rings is 1. The van der Waals surface area contributed by atoms with E-state index in [2.05, 4.69) is 0 Å². The minimum Gasteiger partial charge on any atom is -0.504 e. The first-order valence-electron chi connectivity index (χ1n) is 4.06. The maximum Gasteiger partial charge on any atom is 0.272 e. The molecule has 76 valence electrons. The highest BCUT2D eigenvalue weighted by molar-refractivity contribution is 5.51. The number of para-hydroxylation sites is 1. The molecular formula is C9H9F2NO2. The predicted octanol–water partition coefficient (Wildman–Crippen LogP) is 1.29. The number of nitrogens with two attached hydrogens (primary N) is 1. The van der Waals surface area contributed by atoms with Crippen molar-refractivity contribution in [3.8, 4) is 11.5 Å². The number of hydrogen-bond donors (Lipinski definition) is 3. The minimum atomic E-state index is -3.00. The highest BCUT2D eigenvalue weighted by Gasteiger charge is 2.70. The Kier molecular flexibility index (Phi) is 1.55. The summed E-state index contributed by atoms with van der Waals surface area (Å²) in [4.78, 5) is 0. The minimum absolute atomic E-state index is 0.109.